The summed E-state index contributed by atoms with van der Waals surface area (Å²) in [6, 6.07) is 8.22. The number of benzene rings is 1. The molecule has 0 spiro atoms. The Balaban J connectivity index is 1.83. The monoisotopic (exact) mass is 506 g/mol. The maximum atomic E-state index is 11.9. The van der Waals surface area contributed by atoms with Gasteiger partial charge in [0.15, 0.2) is 12.6 Å². The van der Waals surface area contributed by atoms with Crippen molar-refractivity contribution in [3.63, 3.8) is 0 Å². The van der Waals surface area contributed by atoms with Gasteiger partial charge >= 0.3 is 5.97 Å². The molecule has 12 nitrogen and oxygen atoms in total. The summed E-state index contributed by atoms with van der Waals surface area (Å²) in [4.78, 5) is 11.9. The SMILES string of the molecule is CO[C@@H]1O[C@H](CO)[C@@H](O[C@@H]2O[C@H](CO)[C@H](O)[C@H](SC(C(=O)O)c3ccccc3)[C@H]2O)[C@H](O)[C@H]1O. The number of carboxylic acid groups (broad SMARTS) is 1. The quantitative estimate of drug-likeness (QED) is 0.191. The molecule has 0 aromatic heterocycles. The summed E-state index contributed by atoms with van der Waals surface area (Å²) in [5.74, 6) is -1.20. The first-order valence-corrected chi connectivity index (χ1v) is 11.5. The zero-order chi connectivity index (χ0) is 25.0. The maximum Gasteiger partial charge on any atom is 0.321 e. The van der Waals surface area contributed by atoms with Crippen LogP contribution in [0.3, 0.4) is 0 Å². The summed E-state index contributed by atoms with van der Waals surface area (Å²) >= 11 is 0.757. The number of hydrogen-bond donors (Lipinski definition) is 7. The molecule has 11 atom stereocenters. The number of aliphatic hydroxyl groups excluding tert-OH is 6. The number of methoxy groups -OCH3 is 1. The van der Waals surface area contributed by atoms with Gasteiger partial charge in [-0.3, -0.25) is 4.79 Å². The van der Waals surface area contributed by atoms with Crippen LogP contribution in [0.2, 0.25) is 0 Å². The van der Waals surface area contributed by atoms with Gasteiger partial charge in [-0.15, -0.1) is 11.8 Å². The predicted octanol–water partition coefficient (Wildman–Crippen LogP) is -2.18. The highest BCUT2D eigenvalue weighted by Gasteiger charge is 2.51. The lowest BCUT2D eigenvalue weighted by Crippen LogP contribution is -2.64. The molecule has 2 saturated heterocycles. The Morgan fingerprint density at radius 1 is 0.941 bits per heavy atom. The third-order valence-electron chi connectivity index (χ3n) is 5.79. The summed E-state index contributed by atoms with van der Waals surface area (Å²) in [5.41, 5.74) is 0.425. The van der Waals surface area contributed by atoms with Crippen LogP contribution in [0, 0.1) is 0 Å². The third kappa shape index (κ3) is 5.71. The van der Waals surface area contributed by atoms with E-state index in [1.165, 1.54) is 7.11 Å². The minimum atomic E-state index is -1.61. The van der Waals surface area contributed by atoms with Gasteiger partial charge in [0, 0.05) is 7.11 Å². The molecule has 13 heteroatoms. The average molecular weight is 507 g/mol. The molecule has 3 rings (SSSR count). The summed E-state index contributed by atoms with van der Waals surface area (Å²) in [6.07, 6.45) is -12.8. The van der Waals surface area contributed by atoms with Crippen molar-refractivity contribution in [2.75, 3.05) is 20.3 Å². The van der Waals surface area contributed by atoms with Gasteiger partial charge in [-0.05, 0) is 5.56 Å². The standard InChI is InChI=1S/C21H30O12S/c1-30-20-14(26)13(25)16(11(8-23)32-20)33-21-15(27)18(12(24)10(7-22)31-21)34-17(19(28)29)9-5-3-2-4-6-9/h2-6,10-18,20-27H,7-8H2,1H3,(H,28,29)/t10-,11-,12+,13-,14-,15-,16-,17?,18+,20-,21+/m1/s1. The number of aliphatic hydroxyl groups is 6. The van der Waals surface area contributed by atoms with E-state index in [4.69, 9.17) is 18.9 Å². The van der Waals surface area contributed by atoms with E-state index < -0.39 is 85.0 Å². The van der Waals surface area contributed by atoms with Gasteiger partial charge in [0.1, 0.15) is 41.9 Å². The molecule has 7 N–H and O–H groups in total. The first-order chi connectivity index (χ1) is 16.2. The van der Waals surface area contributed by atoms with E-state index in [0.717, 1.165) is 11.8 Å². The van der Waals surface area contributed by atoms with Crippen molar-refractivity contribution in [3.8, 4) is 0 Å². The number of aliphatic carboxylic acids is 1. The van der Waals surface area contributed by atoms with Crippen molar-refractivity contribution in [2.24, 2.45) is 0 Å². The van der Waals surface area contributed by atoms with Crippen molar-refractivity contribution in [3.05, 3.63) is 35.9 Å². The zero-order valence-corrected chi connectivity index (χ0v) is 19.0. The van der Waals surface area contributed by atoms with Gasteiger partial charge in [-0.25, -0.2) is 0 Å². The maximum absolute atomic E-state index is 11.9. The first-order valence-electron chi connectivity index (χ1n) is 10.6. The van der Waals surface area contributed by atoms with Gasteiger partial charge in [0.2, 0.25) is 0 Å². The van der Waals surface area contributed by atoms with Crippen LogP contribution >= 0.6 is 11.8 Å². The van der Waals surface area contributed by atoms with Gasteiger partial charge in [0.25, 0.3) is 0 Å². The molecule has 1 aromatic carbocycles. The minimum absolute atomic E-state index is 0.425. The Bertz CT molecular complexity index is 782. The number of carbonyl (C=O) groups is 1. The predicted molar refractivity (Wildman–Crippen MR) is 116 cm³/mol. The lowest BCUT2D eigenvalue weighted by molar-refractivity contribution is -0.345. The number of ether oxygens (including phenoxy) is 4. The highest BCUT2D eigenvalue weighted by Crippen LogP contribution is 2.40. The van der Waals surface area contributed by atoms with Crippen LogP contribution < -0.4 is 0 Å². The Morgan fingerprint density at radius 2 is 1.56 bits per heavy atom. The number of hydrogen-bond acceptors (Lipinski definition) is 12. The molecule has 0 bridgehead atoms. The fourth-order valence-corrected chi connectivity index (χ4v) is 5.33. The van der Waals surface area contributed by atoms with Crippen molar-refractivity contribution in [1.29, 1.82) is 0 Å². The Kier molecular flexibility index (Phi) is 9.65. The van der Waals surface area contributed by atoms with Gasteiger partial charge in [-0.2, -0.15) is 0 Å². The smallest absolute Gasteiger partial charge is 0.321 e. The third-order valence-corrected chi connectivity index (χ3v) is 7.40. The fraction of sp³-hybridized carbons (Fsp3) is 0.667. The van der Waals surface area contributed by atoms with Gasteiger partial charge in [0.05, 0.1) is 24.6 Å². The summed E-state index contributed by atoms with van der Waals surface area (Å²) in [6.45, 7) is -1.30. The minimum Gasteiger partial charge on any atom is -0.480 e. The molecular formula is C21H30O12S. The van der Waals surface area contributed by atoms with Crippen molar-refractivity contribution < 1.29 is 59.5 Å². The normalized spacial score (nSPS) is 39.5. The second-order valence-corrected chi connectivity index (χ2v) is 9.27. The summed E-state index contributed by atoms with van der Waals surface area (Å²) in [5, 5.41) is 69.1. The molecular weight excluding hydrogens is 476 g/mol. The molecule has 2 aliphatic heterocycles. The van der Waals surface area contributed by atoms with Crippen LogP contribution in [0.5, 0.6) is 0 Å². The molecule has 2 aliphatic rings. The van der Waals surface area contributed by atoms with E-state index in [9.17, 15) is 40.5 Å². The fourth-order valence-electron chi connectivity index (χ4n) is 3.96. The molecule has 2 heterocycles. The Morgan fingerprint density at radius 3 is 2.12 bits per heavy atom. The van der Waals surface area contributed by atoms with Crippen molar-refractivity contribution in [2.45, 2.75) is 65.8 Å². The largest absolute Gasteiger partial charge is 0.480 e. The van der Waals surface area contributed by atoms with Crippen LogP contribution in [0.1, 0.15) is 10.8 Å². The van der Waals surface area contributed by atoms with Gasteiger partial charge in [-0.1, -0.05) is 30.3 Å². The molecule has 34 heavy (non-hydrogen) atoms. The number of thioether (sulfide) groups is 1. The molecule has 0 saturated carbocycles. The lowest BCUT2D eigenvalue weighted by atomic mass is 9.98. The molecule has 0 radical (unpaired) electrons. The Labute approximate surface area is 199 Å². The Hall–Kier alpha value is -1.36. The highest BCUT2D eigenvalue weighted by atomic mass is 32.2. The van der Waals surface area contributed by atoms with Crippen LogP contribution in [-0.2, 0) is 23.7 Å². The second kappa shape index (κ2) is 12.1. The molecule has 2 fully saturated rings. The summed E-state index contributed by atoms with van der Waals surface area (Å²) in [7, 11) is 1.24. The molecule has 0 amide bonds. The van der Waals surface area contributed by atoms with E-state index >= 15 is 0 Å². The molecule has 0 aliphatic carbocycles. The molecule has 1 unspecified atom stereocenters. The second-order valence-electron chi connectivity index (χ2n) is 7.98. The van der Waals surface area contributed by atoms with E-state index in [0.29, 0.717) is 5.56 Å². The lowest BCUT2D eigenvalue weighted by Gasteiger charge is -2.46. The number of rotatable bonds is 9. The van der Waals surface area contributed by atoms with Gasteiger partial charge < -0.3 is 54.7 Å². The van der Waals surface area contributed by atoms with Crippen molar-refractivity contribution >= 4 is 17.7 Å². The first kappa shape index (κ1) is 27.2. The van der Waals surface area contributed by atoms with Crippen LogP contribution in [0.4, 0.5) is 0 Å². The van der Waals surface area contributed by atoms with Crippen LogP contribution in [0.25, 0.3) is 0 Å². The topological polar surface area (TPSA) is 196 Å². The zero-order valence-electron chi connectivity index (χ0n) is 18.2. The highest BCUT2D eigenvalue weighted by molar-refractivity contribution is 8.00. The van der Waals surface area contributed by atoms with E-state index in [2.05, 4.69) is 0 Å². The number of carboxylic acids is 1. The van der Waals surface area contributed by atoms with Crippen LogP contribution in [0.15, 0.2) is 30.3 Å². The van der Waals surface area contributed by atoms with E-state index in [1.54, 1.807) is 30.3 Å². The summed E-state index contributed by atoms with van der Waals surface area (Å²) < 4.78 is 21.5. The molecule has 192 valence electrons. The van der Waals surface area contributed by atoms with Crippen LogP contribution in [-0.4, -0.2) is 123 Å². The van der Waals surface area contributed by atoms with E-state index in [1.807, 2.05) is 0 Å². The average Bonchev–Trinajstić information content (AvgIpc) is 2.84. The van der Waals surface area contributed by atoms with Crippen molar-refractivity contribution in [1.82, 2.24) is 0 Å². The van der Waals surface area contributed by atoms with E-state index in [-0.39, 0.29) is 0 Å². The molecule has 1 aromatic rings.